The number of amides is 1. The van der Waals surface area contributed by atoms with E-state index in [9.17, 15) is 10.1 Å². The van der Waals surface area contributed by atoms with Gasteiger partial charge in [-0.05, 0) is 41.7 Å². The molecule has 1 unspecified atom stereocenters. The number of hydrogen-bond acceptors (Lipinski definition) is 4. The number of methoxy groups -OCH3 is 2. The lowest BCUT2D eigenvalue weighted by atomic mass is 9.92. The van der Waals surface area contributed by atoms with Gasteiger partial charge in [-0.1, -0.05) is 30.3 Å². The van der Waals surface area contributed by atoms with Gasteiger partial charge in [0.05, 0.1) is 20.3 Å². The molecule has 1 aliphatic rings. The zero-order valence-electron chi connectivity index (χ0n) is 16.5. The van der Waals surface area contributed by atoms with E-state index in [-0.39, 0.29) is 11.8 Å². The van der Waals surface area contributed by atoms with Crippen LogP contribution in [0.5, 0.6) is 11.5 Å². The molecule has 0 radical (unpaired) electrons. The van der Waals surface area contributed by atoms with Gasteiger partial charge in [0.15, 0.2) is 11.5 Å². The Hall–Kier alpha value is -3.00. The second-order valence-electron chi connectivity index (χ2n) is 7.03. The van der Waals surface area contributed by atoms with E-state index in [0.717, 1.165) is 29.9 Å². The molecule has 146 valence electrons. The molecule has 1 atom stereocenters. The van der Waals surface area contributed by atoms with Crippen molar-refractivity contribution in [2.45, 2.75) is 31.6 Å². The Balaban J connectivity index is 1.71. The number of ether oxygens (including phenoxy) is 2. The summed E-state index contributed by atoms with van der Waals surface area (Å²) in [4.78, 5) is 14.9. The predicted molar refractivity (Wildman–Crippen MR) is 108 cm³/mol. The molecule has 1 amide bonds. The molecule has 0 bridgehead atoms. The van der Waals surface area contributed by atoms with E-state index in [1.165, 1.54) is 11.1 Å². The molecule has 0 saturated carbocycles. The van der Waals surface area contributed by atoms with Crippen LogP contribution in [0.4, 0.5) is 0 Å². The van der Waals surface area contributed by atoms with Crippen LogP contribution in [0.2, 0.25) is 0 Å². The first-order valence-electron chi connectivity index (χ1n) is 9.59. The van der Waals surface area contributed by atoms with Gasteiger partial charge in [0.2, 0.25) is 5.91 Å². The highest BCUT2D eigenvalue weighted by atomic mass is 16.5. The summed E-state index contributed by atoms with van der Waals surface area (Å²) in [6.45, 7) is 1.35. The third kappa shape index (κ3) is 4.45. The van der Waals surface area contributed by atoms with Crippen molar-refractivity contribution in [1.82, 2.24) is 4.90 Å². The van der Waals surface area contributed by atoms with Gasteiger partial charge >= 0.3 is 0 Å². The smallest absolute Gasteiger partial charge is 0.223 e. The predicted octanol–water partition coefficient (Wildman–Crippen LogP) is 3.72. The van der Waals surface area contributed by atoms with Crippen molar-refractivity contribution in [3.05, 3.63) is 59.2 Å². The fourth-order valence-corrected chi connectivity index (χ4v) is 3.78. The van der Waals surface area contributed by atoms with Crippen LogP contribution in [0.3, 0.4) is 0 Å². The van der Waals surface area contributed by atoms with E-state index in [0.29, 0.717) is 25.9 Å². The molecule has 2 aromatic carbocycles. The average molecular weight is 378 g/mol. The highest BCUT2D eigenvalue weighted by Gasteiger charge is 2.23. The van der Waals surface area contributed by atoms with Gasteiger partial charge in [-0.2, -0.15) is 5.26 Å². The Morgan fingerprint density at radius 1 is 1.07 bits per heavy atom. The minimum Gasteiger partial charge on any atom is -0.493 e. The summed E-state index contributed by atoms with van der Waals surface area (Å²) >= 11 is 0. The van der Waals surface area contributed by atoms with Gasteiger partial charge < -0.3 is 14.4 Å². The Morgan fingerprint density at radius 3 is 2.14 bits per heavy atom. The summed E-state index contributed by atoms with van der Waals surface area (Å²) in [6, 6.07) is 16.1. The number of carbonyl (C=O) groups is 1. The number of fused-ring (bicyclic) bond motifs is 1. The summed E-state index contributed by atoms with van der Waals surface area (Å²) in [5.41, 5.74) is 3.44. The molecule has 0 aliphatic carbocycles. The highest BCUT2D eigenvalue weighted by molar-refractivity contribution is 5.77. The molecular weight excluding hydrogens is 352 g/mol. The molecule has 0 spiro atoms. The van der Waals surface area contributed by atoms with Crippen LogP contribution in [0, 0.1) is 11.3 Å². The zero-order valence-corrected chi connectivity index (χ0v) is 16.5. The van der Waals surface area contributed by atoms with Gasteiger partial charge in [0.25, 0.3) is 0 Å². The van der Waals surface area contributed by atoms with Crippen LogP contribution in [-0.4, -0.2) is 38.1 Å². The Morgan fingerprint density at radius 2 is 1.64 bits per heavy atom. The average Bonchev–Trinajstić information content (AvgIpc) is 2.95. The fraction of sp³-hybridized carbons (Fsp3) is 0.391. The van der Waals surface area contributed by atoms with Crippen LogP contribution in [0.15, 0.2) is 42.5 Å². The van der Waals surface area contributed by atoms with Crippen molar-refractivity contribution in [1.29, 1.82) is 5.26 Å². The summed E-state index contributed by atoms with van der Waals surface area (Å²) in [7, 11) is 3.27. The zero-order chi connectivity index (χ0) is 19.9. The SMILES string of the molecule is COc1cc2c(cc1OC)CCN(C(=O)CC(CC#N)c1ccccc1)CC2. The molecule has 5 heteroatoms. The largest absolute Gasteiger partial charge is 0.493 e. The first-order chi connectivity index (χ1) is 13.7. The van der Waals surface area contributed by atoms with E-state index < -0.39 is 0 Å². The molecule has 0 saturated heterocycles. The lowest BCUT2D eigenvalue weighted by molar-refractivity contribution is -0.131. The second kappa shape index (κ2) is 9.27. The van der Waals surface area contributed by atoms with E-state index in [4.69, 9.17) is 9.47 Å². The number of hydrogen-bond donors (Lipinski definition) is 0. The molecule has 1 heterocycles. The van der Waals surface area contributed by atoms with Gasteiger partial charge in [-0.15, -0.1) is 0 Å². The summed E-state index contributed by atoms with van der Waals surface area (Å²) in [5, 5.41) is 9.18. The van der Waals surface area contributed by atoms with Gasteiger partial charge in [-0.3, -0.25) is 4.79 Å². The molecule has 0 fully saturated rings. The highest BCUT2D eigenvalue weighted by Crippen LogP contribution is 2.32. The number of benzene rings is 2. The van der Waals surface area contributed by atoms with Crippen LogP contribution in [0.1, 0.15) is 35.4 Å². The maximum atomic E-state index is 13.0. The van der Waals surface area contributed by atoms with Crippen LogP contribution in [-0.2, 0) is 17.6 Å². The monoisotopic (exact) mass is 378 g/mol. The molecule has 0 N–H and O–H groups in total. The molecule has 2 aromatic rings. The minimum absolute atomic E-state index is 0.0653. The van der Waals surface area contributed by atoms with Crippen molar-refractivity contribution in [2.75, 3.05) is 27.3 Å². The van der Waals surface area contributed by atoms with Gasteiger partial charge in [-0.25, -0.2) is 0 Å². The minimum atomic E-state index is -0.0653. The number of nitriles is 1. The number of nitrogens with zero attached hydrogens (tertiary/aromatic N) is 2. The topological polar surface area (TPSA) is 62.6 Å². The maximum Gasteiger partial charge on any atom is 0.223 e. The molecule has 5 nitrogen and oxygen atoms in total. The van der Waals surface area contributed by atoms with E-state index in [2.05, 4.69) is 6.07 Å². The number of rotatable bonds is 6. The van der Waals surface area contributed by atoms with Crippen LogP contribution < -0.4 is 9.47 Å². The third-order valence-electron chi connectivity index (χ3n) is 5.39. The Kier molecular flexibility index (Phi) is 6.54. The Bertz CT molecular complexity index is 823. The molecule has 28 heavy (non-hydrogen) atoms. The molecular formula is C23H26N2O3. The molecule has 3 rings (SSSR count). The lowest BCUT2D eigenvalue weighted by Gasteiger charge is -2.23. The Labute approximate surface area is 166 Å². The standard InChI is InChI=1S/C23H26N2O3/c1-27-21-14-19-9-12-25(13-10-20(19)15-22(21)28-2)23(26)16-18(8-11-24)17-6-4-3-5-7-17/h3-7,14-15,18H,8-10,12-13,16H2,1-2H3. The fourth-order valence-electron chi connectivity index (χ4n) is 3.78. The summed E-state index contributed by atoms with van der Waals surface area (Å²) < 4.78 is 10.8. The summed E-state index contributed by atoms with van der Waals surface area (Å²) in [6.07, 6.45) is 2.28. The van der Waals surface area contributed by atoms with E-state index in [1.54, 1.807) is 14.2 Å². The summed E-state index contributed by atoms with van der Waals surface area (Å²) in [5.74, 6) is 1.48. The van der Waals surface area contributed by atoms with Crippen molar-refractivity contribution in [3.8, 4) is 17.6 Å². The van der Waals surface area contributed by atoms with Crippen molar-refractivity contribution in [2.24, 2.45) is 0 Å². The van der Waals surface area contributed by atoms with Crippen molar-refractivity contribution in [3.63, 3.8) is 0 Å². The molecule has 1 aliphatic heterocycles. The van der Waals surface area contributed by atoms with Gasteiger partial charge in [0, 0.05) is 31.8 Å². The van der Waals surface area contributed by atoms with Crippen LogP contribution in [0.25, 0.3) is 0 Å². The van der Waals surface area contributed by atoms with E-state index in [1.807, 2.05) is 47.4 Å². The molecule has 0 aromatic heterocycles. The van der Waals surface area contributed by atoms with Gasteiger partial charge in [0.1, 0.15) is 0 Å². The lowest BCUT2D eigenvalue weighted by Crippen LogP contribution is -2.34. The van der Waals surface area contributed by atoms with E-state index >= 15 is 0 Å². The first kappa shape index (κ1) is 19.8. The number of carbonyl (C=O) groups excluding carboxylic acids is 1. The quantitative estimate of drug-likeness (QED) is 0.769. The van der Waals surface area contributed by atoms with Crippen LogP contribution >= 0.6 is 0 Å². The first-order valence-corrected chi connectivity index (χ1v) is 9.59. The van der Waals surface area contributed by atoms with Crippen molar-refractivity contribution < 1.29 is 14.3 Å². The normalized spacial score (nSPS) is 14.4. The third-order valence-corrected chi connectivity index (χ3v) is 5.39. The maximum absolute atomic E-state index is 13.0. The van der Waals surface area contributed by atoms with Crippen molar-refractivity contribution >= 4 is 5.91 Å². The second-order valence-corrected chi connectivity index (χ2v) is 7.03.